The summed E-state index contributed by atoms with van der Waals surface area (Å²) >= 11 is 0. The van der Waals surface area contributed by atoms with Gasteiger partial charge in [0.1, 0.15) is 11.3 Å². The molecule has 0 spiro atoms. The molecule has 0 aliphatic rings. The van der Waals surface area contributed by atoms with Gasteiger partial charge in [-0.05, 0) is 13.8 Å². The van der Waals surface area contributed by atoms with Crippen LogP contribution in [0.2, 0.25) is 0 Å². The van der Waals surface area contributed by atoms with E-state index in [1.807, 2.05) is 20.9 Å². The van der Waals surface area contributed by atoms with Crippen LogP contribution >= 0.6 is 0 Å². The maximum atomic E-state index is 7.51. The highest BCUT2D eigenvalue weighted by Crippen LogP contribution is 1.87. The Morgan fingerprint density at radius 1 is 1.50 bits per heavy atom. The quantitative estimate of drug-likeness (QED) is 0.556. The normalized spacial score (nSPS) is 9.90. The van der Waals surface area contributed by atoms with Gasteiger partial charge in [0.15, 0.2) is 0 Å². The van der Waals surface area contributed by atoms with Gasteiger partial charge in [-0.2, -0.15) is 0 Å². The van der Waals surface area contributed by atoms with Gasteiger partial charge in [-0.25, -0.2) is 4.98 Å². The van der Waals surface area contributed by atoms with E-state index in [-0.39, 0.29) is 0 Å². The Morgan fingerprint density at radius 3 is 2.60 bits per heavy atom. The summed E-state index contributed by atoms with van der Waals surface area (Å²) in [5.41, 5.74) is 1.45. The van der Waals surface area contributed by atoms with Crippen molar-refractivity contribution in [3.63, 3.8) is 0 Å². The molecular weight excluding hydrogens is 126 g/mol. The topological polar surface area (TPSA) is 41.7 Å². The molecule has 0 radical (unpaired) electrons. The second-order valence-electron chi connectivity index (χ2n) is 2.40. The van der Waals surface area contributed by atoms with Crippen LogP contribution in [0.5, 0.6) is 0 Å². The van der Waals surface area contributed by atoms with E-state index in [2.05, 4.69) is 4.98 Å². The molecule has 0 atom stereocenters. The van der Waals surface area contributed by atoms with Crippen LogP contribution in [0.25, 0.3) is 0 Å². The van der Waals surface area contributed by atoms with Crippen LogP contribution in [0.1, 0.15) is 11.4 Å². The fourth-order valence-electron chi connectivity index (χ4n) is 0.764. The fourth-order valence-corrected chi connectivity index (χ4v) is 0.764. The molecule has 1 heterocycles. The van der Waals surface area contributed by atoms with Crippen molar-refractivity contribution in [2.45, 2.75) is 13.8 Å². The molecule has 54 valence electrons. The molecule has 0 aliphatic carbocycles. The number of nitrogens with one attached hydrogen (secondary N) is 1. The summed E-state index contributed by atoms with van der Waals surface area (Å²) in [6, 6.07) is 0. The molecule has 10 heavy (non-hydrogen) atoms. The van der Waals surface area contributed by atoms with Crippen LogP contribution < -0.4 is 5.49 Å². The van der Waals surface area contributed by atoms with Crippen molar-refractivity contribution in [1.82, 2.24) is 9.55 Å². The van der Waals surface area contributed by atoms with Crippen molar-refractivity contribution in [1.29, 1.82) is 5.41 Å². The summed E-state index contributed by atoms with van der Waals surface area (Å²) in [5, 5.41) is 7.51. The lowest BCUT2D eigenvalue weighted by atomic mass is 10.4. The Balaban J connectivity index is 3.50. The lowest BCUT2D eigenvalue weighted by Gasteiger charge is -2.03. The van der Waals surface area contributed by atoms with Gasteiger partial charge in [0, 0.05) is 18.8 Å². The minimum Gasteiger partial charge on any atom is -0.318 e. The van der Waals surface area contributed by atoms with Crippen molar-refractivity contribution in [3.8, 4) is 0 Å². The van der Waals surface area contributed by atoms with Crippen molar-refractivity contribution >= 4 is 0 Å². The molecule has 0 bridgehead atoms. The van der Waals surface area contributed by atoms with Crippen LogP contribution in [0.3, 0.4) is 0 Å². The Labute approximate surface area is 59.9 Å². The average molecular weight is 137 g/mol. The van der Waals surface area contributed by atoms with Gasteiger partial charge in [0.25, 0.3) is 0 Å². The summed E-state index contributed by atoms with van der Waals surface area (Å²) < 4.78 is 1.76. The highest BCUT2D eigenvalue weighted by Gasteiger charge is 1.93. The third kappa shape index (κ3) is 0.943. The van der Waals surface area contributed by atoms with Crippen LogP contribution in [-0.2, 0) is 7.05 Å². The van der Waals surface area contributed by atoms with Crippen LogP contribution in [0, 0.1) is 19.3 Å². The maximum Gasteiger partial charge on any atom is 0.130 e. The van der Waals surface area contributed by atoms with Gasteiger partial charge in [-0.15, -0.1) is 0 Å². The second kappa shape index (κ2) is 2.25. The zero-order chi connectivity index (χ0) is 7.72. The smallest absolute Gasteiger partial charge is 0.130 e. The first kappa shape index (κ1) is 6.99. The molecule has 0 saturated carbocycles. The molecule has 0 amide bonds. The molecule has 1 aromatic heterocycles. The molecule has 3 heteroatoms. The molecule has 0 aromatic carbocycles. The van der Waals surface area contributed by atoms with Crippen molar-refractivity contribution in [3.05, 3.63) is 23.1 Å². The first-order valence-corrected chi connectivity index (χ1v) is 3.16. The summed E-state index contributed by atoms with van der Waals surface area (Å²) in [7, 11) is 1.84. The van der Waals surface area contributed by atoms with E-state index >= 15 is 0 Å². The van der Waals surface area contributed by atoms with Gasteiger partial charge in [-0.1, -0.05) is 0 Å². The summed E-state index contributed by atoms with van der Waals surface area (Å²) in [6.07, 6.45) is 1.72. The molecule has 3 nitrogen and oxygen atoms in total. The first-order valence-electron chi connectivity index (χ1n) is 3.16. The zero-order valence-corrected chi connectivity index (χ0v) is 6.47. The fraction of sp³-hybridized carbons (Fsp3) is 0.429. The average Bonchev–Trinajstić information content (AvgIpc) is 1.93. The predicted octanol–water partition coefficient (Wildman–Crippen LogP) is 0.516. The molecule has 1 N–H and O–H groups in total. The predicted molar refractivity (Wildman–Crippen MR) is 38.5 cm³/mol. The SMILES string of the molecule is Cc1cnc(C)n(C)c1=N. The maximum absolute atomic E-state index is 7.51. The number of rotatable bonds is 0. The van der Waals surface area contributed by atoms with Gasteiger partial charge in [-0.3, -0.25) is 5.41 Å². The van der Waals surface area contributed by atoms with Crippen LogP contribution in [0.4, 0.5) is 0 Å². The summed E-state index contributed by atoms with van der Waals surface area (Å²) in [6.45, 7) is 3.77. The van der Waals surface area contributed by atoms with Crippen molar-refractivity contribution in [2.75, 3.05) is 0 Å². The van der Waals surface area contributed by atoms with E-state index in [1.54, 1.807) is 10.8 Å². The van der Waals surface area contributed by atoms with Crippen LogP contribution in [0.15, 0.2) is 6.20 Å². The molecule has 1 rings (SSSR count). The first-order chi connectivity index (χ1) is 4.63. The third-order valence-electron chi connectivity index (χ3n) is 1.64. The Morgan fingerprint density at radius 2 is 2.10 bits per heavy atom. The molecule has 0 fully saturated rings. The Bertz CT molecular complexity index is 298. The number of hydrogen-bond acceptors (Lipinski definition) is 2. The minimum atomic E-state index is 0.535. The highest BCUT2D eigenvalue weighted by molar-refractivity contribution is 5.01. The largest absolute Gasteiger partial charge is 0.318 e. The van der Waals surface area contributed by atoms with Crippen LogP contribution in [-0.4, -0.2) is 9.55 Å². The highest BCUT2D eigenvalue weighted by atomic mass is 15.0. The number of aromatic nitrogens is 2. The van der Waals surface area contributed by atoms with Crippen molar-refractivity contribution in [2.24, 2.45) is 7.05 Å². The minimum absolute atomic E-state index is 0.535. The molecule has 0 saturated heterocycles. The molecule has 0 unspecified atom stereocenters. The summed E-state index contributed by atoms with van der Waals surface area (Å²) in [5.74, 6) is 0.871. The lowest BCUT2D eigenvalue weighted by Crippen LogP contribution is -2.22. The number of aryl methyl sites for hydroxylation is 2. The van der Waals surface area contributed by atoms with E-state index in [9.17, 15) is 0 Å². The van der Waals surface area contributed by atoms with E-state index in [0.717, 1.165) is 11.4 Å². The number of hydrogen-bond donors (Lipinski definition) is 1. The van der Waals surface area contributed by atoms with E-state index in [4.69, 9.17) is 5.41 Å². The molecule has 1 aromatic rings. The third-order valence-corrected chi connectivity index (χ3v) is 1.64. The van der Waals surface area contributed by atoms with Gasteiger partial charge in [0.05, 0.1) is 0 Å². The Hall–Kier alpha value is -1.12. The van der Waals surface area contributed by atoms with Gasteiger partial charge < -0.3 is 4.57 Å². The molecular formula is C7H11N3. The van der Waals surface area contributed by atoms with E-state index in [0.29, 0.717) is 5.49 Å². The number of nitrogens with zero attached hydrogens (tertiary/aromatic N) is 2. The lowest BCUT2D eigenvalue weighted by molar-refractivity contribution is 0.733. The summed E-state index contributed by atoms with van der Waals surface area (Å²) in [4.78, 5) is 4.08. The van der Waals surface area contributed by atoms with Gasteiger partial charge in [0.2, 0.25) is 0 Å². The van der Waals surface area contributed by atoms with E-state index < -0.39 is 0 Å². The van der Waals surface area contributed by atoms with E-state index in [1.165, 1.54) is 0 Å². The van der Waals surface area contributed by atoms with Gasteiger partial charge >= 0.3 is 0 Å². The second-order valence-corrected chi connectivity index (χ2v) is 2.40. The molecule has 0 aliphatic heterocycles. The monoisotopic (exact) mass is 137 g/mol. The zero-order valence-electron chi connectivity index (χ0n) is 6.47. The standard InChI is InChI=1S/C7H11N3/c1-5-4-9-6(2)10(3)7(5)8/h4,8H,1-3H3. The Kier molecular flexibility index (Phi) is 1.57. The van der Waals surface area contributed by atoms with Crippen molar-refractivity contribution < 1.29 is 0 Å².